The molecule has 2 aromatic carbocycles. The van der Waals surface area contributed by atoms with E-state index < -0.39 is 5.97 Å². The third-order valence-electron chi connectivity index (χ3n) is 2.62. The van der Waals surface area contributed by atoms with Crippen LogP contribution in [-0.2, 0) is 11.2 Å². The van der Waals surface area contributed by atoms with Crippen LogP contribution >= 0.6 is 0 Å². The predicted octanol–water partition coefficient (Wildman–Crippen LogP) is 2.57. The SMILES string of the molecule is O=C(Cc1ccc(C(=O)O)cc1)Nc1ccccc1. The van der Waals surface area contributed by atoms with Gasteiger partial charge in [-0.25, -0.2) is 4.79 Å². The molecule has 4 heteroatoms. The number of benzene rings is 2. The molecule has 0 aliphatic carbocycles. The lowest BCUT2D eigenvalue weighted by molar-refractivity contribution is -0.115. The standard InChI is InChI=1S/C15H13NO3/c17-14(16-13-4-2-1-3-5-13)10-11-6-8-12(9-7-11)15(18)19/h1-9H,10H2,(H,16,17)(H,18,19). The summed E-state index contributed by atoms with van der Waals surface area (Å²) in [7, 11) is 0. The summed E-state index contributed by atoms with van der Waals surface area (Å²) in [5.41, 5.74) is 1.74. The molecular weight excluding hydrogens is 242 g/mol. The van der Waals surface area contributed by atoms with Gasteiger partial charge in [0.15, 0.2) is 0 Å². The van der Waals surface area contributed by atoms with Crippen LogP contribution in [0.5, 0.6) is 0 Å². The van der Waals surface area contributed by atoms with Gasteiger partial charge in [0.1, 0.15) is 0 Å². The minimum atomic E-state index is -0.972. The Bertz CT molecular complexity index is 576. The van der Waals surface area contributed by atoms with E-state index in [0.717, 1.165) is 11.3 Å². The molecule has 2 rings (SSSR count). The smallest absolute Gasteiger partial charge is 0.335 e. The molecule has 0 aromatic heterocycles. The Balaban J connectivity index is 1.97. The van der Waals surface area contributed by atoms with E-state index in [2.05, 4.69) is 5.32 Å². The zero-order chi connectivity index (χ0) is 13.7. The van der Waals surface area contributed by atoms with Crippen molar-refractivity contribution >= 4 is 17.6 Å². The Kier molecular flexibility index (Phi) is 3.93. The van der Waals surface area contributed by atoms with E-state index in [0.29, 0.717) is 0 Å². The number of anilines is 1. The second kappa shape index (κ2) is 5.82. The van der Waals surface area contributed by atoms with Gasteiger partial charge in [0.2, 0.25) is 5.91 Å². The summed E-state index contributed by atoms with van der Waals surface area (Å²) in [4.78, 5) is 22.5. The van der Waals surface area contributed by atoms with Crippen molar-refractivity contribution in [3.05, 3.63) is 65.7 Å². The Hall–Kier alpha value is -2.62. The second-order valence-electron chi connectivity index (χ2n) is 4.09. The first-order valence-corrected chi connectivity index (χ1v) is 5.82. The van der Waals surface area contributed by atoms with Crippen LogP contribution in [0.2, 0.25) is 0 Å². The fourth-order valence-electron chi connectivity index (χ4n) is 1.68. The highest BCUT2D eigenvalue weighted by Crippen LogP contribution is 2.08. The average Bonchev–Trinajstić information content (AvgIpc) is 2.40. The third-order valence-corrected chi connectivity index (χ3v) is 2.62. The van der Waals surface area contributed by atoms with E-state index in [1.54, 1.807) is 12.1 Å². The molecule has 1 amide bonds. The first-order chi connectivity index (χ1) is 9.15. The molecule has 96 valence electrons. The van der Waals surface area contributed by atoms with E-state index in [1.165, 1.54) is 12.1 Å². The third kappa shape index (κ3) is 3.67. The quantitative estimate of drug-likeness (QED) is 0.882. The van der Waals surface area contributed by atoms with Crippen LogP contribution in [-0.4, -0.2) is 17.0 Å². The Morgan fingerprint density at radius 3 is 2.16 bits per heavy atom. The molecule has 0 saturated carbocycles. The molecule has 0 aliphatic heterocycles. The average molecular weight is 255 g/mol. The van der Waals surface area contributed by atoms with E-state index in [4.69, 9.17) is 5.11 Å². The molecule has 4 nitrogen and oxygen atoms in total. The lowest BCUT2D eigenvalue weighted by atomic mass is 10.1. The van der Waals surface area contributed by atoms with E-state index in [9.17, 15) is 9.59 Å². The maximum Gasteiger partial charge on any atom is 0.335 e. The predicted molar refractivity (Wildman–Crippen MR) is 72.2 cm³/mol. The van der Waals surface area contributed by atoms with Crippen LogP contribution in [0.1, 0.15) is 15.9 Å². The highest BCUT2D eigenvalue weighted by atomic mass is 16.4. The van der Waals surface area contributed by atoms with Crippen LogP contribution in [0.3, 0.4) is 0 Å². The Morgan fingerprint density at radius 2 is 1.58 bits per heavy atom. The number of rotatable bonds is 4. The summed E-state index contributed by atoms with van der Waals surface area (Å²) in [6.07, 6.45) is 0.217. The van der Waals surface area contributed by atoms with Gasteiger partial charge in [-0.2, -0.15) is 0 Å². The molecule has 0 atom stereocenters. The van der Waals surface area contributed by atoms with Crippen LogP contribution in [0, 0.1) is 0 Å². The van der Waals surface area contributed by atoms with Gasteiger partial charge in [0.05, 0.1) is 12.0 Å². The summed E-state index contributed by atoms with van der Waals surface area (Å²) < 4.78 is 0. The highest BCUT2D eigenvalue weighted by Gasteiger charge is 2.06. The maximum atomic E-state index is 11.8. The summed E-state index contributed by atoms with van der Waals surface area (Å²) in [6, 6.07) is 15.5. The summed E-state index contributed by atoms with van der Waals surface area (Å²) in [5, 5.41) is 11.5. The van der Waals surface area contributed by atoms with Gasteiger partial charge in [-0.3, -0.25) is 4.79 Å². The fourth-order valence-corrected chi connectivity index (χ4v) is 1.68. The first-order valence-electron chi connectivity index (χ1n) is 5.82. The second-order valence-corrected chi connectivity index (χ2v) is 4.09. The number of amides is 1. The van der Waals surface area contributed by atoms with Crippen molar-refractivity contribution in [1.29, 1.82) is 0 Å². The summed E-state index contributed by atoms with van der Waals surface area (Å²) >= 11 is 0. The van der Waals surface area contributed by atoms with Gasteiger partial charge in [-0.05, 0) is 29.8 Å². The number of aromatic carboxylic acids is 1. The zero-order valence-corrected chi connectivity index (χ0v) is 10.2. The van der Waals surface area contributed by atoms with Gasteiger partial charge in [0, 0.05) is 5.69 Å². The van der Waals surface area contributed by atoms with Gasteiger partial charge in [-0.1, -0.05) is 30.3 Å². The summed E-state index contributed by atoms with van der Waals surface area (Å²) in [5.74, 6) is -1.10. The van der Waals surface area contributed by atoms with E-state index in [1.807, 2.05) is 30.3 Å². The van der Waals surface area contributed by atoms with E-state index >= 15 is 0 Å². The van der Waals surface area contributed by atoms with Crippen LogP contribution in [0.15, 0.2) is 54.6 Å². The minimum absolute atomic E-state index is 0.130. The molecule has 0 heterocycles. The number of nitrogens with one attached hydrogen (secondary N) is 1. The maximum absolute atomic E-state index is 11.8. The molecule has 0 bridgehead atoms. The monoisotopic (exact) mass is 255 g/mol. The molecule has 19 heavy (non-hydrogen) atoms. The normalized spacial score (nSPS) is 9.89. The van der Waals surface area contributed by atoms with Gasteiger partial charge in [-0.15, -0.1) is 0 Å². The molecule has 0 radical (unpaired) electrons. The lowest BCUT2D eigenvalue weighted by Gasteiger charge is -2.05. The van der Waals surface area contributed by atoms with Crippen molar-refractivity contribution in [3.8, 4) is 0 Å². The number of carboxylic acids is 1. The number of hydrogen-bond donors (Lipinski definition) is 2. The van der Waals surface area contributed by atoms with Gasteiger partial charge < -0.3 is 10.4 Å². The molecule has 2 aromatic rings. The van der Waals surface area contributed by atoms with Crippen molar-refractivity contribution in [3.63, 3.8) is 0 Å². The Labute approximate surface area is 110 Å². The highest BCUT2D eigenvalue weighted by molar-refractivity contribution is 5.92. The number of carbonyl (C=O) groups is 2. The number of para-hydroxylation sites is 1. The van der Waals surface area contributed by atoms with Crippen molar-refractivity contribution in [2.24, 2.45) is 0 Å². The molecule has 0 saturated heterocycles. The first kappa shape index (κ1) is 12.8. The van der Waals surface area contributed by atoms with Crippen molar-refractivity contribution in [2.75, 3.05) is 5.32 Å². The molecule has 0 aliphatic rings. The zero-order valence-electron chi connectivity index (χ0n) is 10.2. The Morgan fingerprint density at radius 1 is 0.947 bits per heavy atom. The number of carbonyl (C=O) groups excluding carboxylic acids is 1. The van der Waals surface area contributed by atoms with Crippen molar-refractivity contribution in [1.82, 2.24) is 0 Å². The van der Waals surface area contributed by atoms with Crippen LogP contribution in [0.4, 0.5) is 5.69 Å². The fraction of sp³-hybridized carbons (Fsp3) is 0.0667. The molecule has 0 spiro atoms. The molecule has 0 fully saturated rings. The molecule has 2 N–H and O–H groups in total. The largest absolute Gasteiger partial charge is 0.478 e. The van der Waals surface area contributed by atoms with Gasteiger partial charge >= 0.3 is 5.97 Å². The van der Waals surface area contributed by atoms with E-state index in [-0.39, 0.29) is 17.9 Å². The number of hydrogen-bond acceptors (Lipinski definition) is 2. The number of carboxylic acid groups (broad SMARTS) is 1. The van der Waals surface area contributed by atoms with Gasteiger partial charge in [0.25, 0.3) is 0 Å². The van der Waals surface area contributed by atoms with Crippen LogP contribution in [0.25, 0.3) is 0 Å². The lowest BCUT2D eigenvalue weighted by Crippen LogP contribution is -2.14. The molecular formula is C15H13NO3. The molecule has 0 unspecified atom stereocenters. The summed E-state index contributed by atoms with van der Waals surface area (Å²) in [6.45, 7) is 0. The van der Waals surface area contributed by atoms with Crippen molar-refractivity contribution in [2.45, 2.75) is 6.42 Å². The topological polar surface area (TPSA) is 66.4 Å². The minimum Gasteiger partial charge on any atom is -0.478 e. The van der Waals surface area contributed by atoms with Crippen LogP contribution < -0.4 is 5.32 Å². The van der Waals surface area contributed by atoms with Crippen molar-refractivity contribution < 1.29 is 14.7 Å².